The third-order valence-corrected chi connectivity index (χ3v) is 5.66. The molecule has 0 bridgehead atoms. The molecule has 0 N–H and O–H groups in total. The maximum absolute atomic E-state index is 12.8. The number of para-hydroxylation sites is 2. The summed E-state index contributed by atoms with van der Waals surface area (Å²) in [6, 6.07) is 15.6. The lowest BCUT2D eigenvalue weighted by atomic mass is 10.1. The molecule has 2 aromatic rings. The smallest absolute Gasteiger partial charge is 0.246 e. The third-order valence-electron chi connectivity index (χ3n) is 3.72. The third kappa shape index (κ3) is 4.67. The molecule has 0 radical (unpaired) electrons. The molecule has 25 heavy (non-hydrogen) atoms. The van der Waals surface area contributed by atoms with Crippen LogP contribution in [0.1, 0.15) is 26.7 Å². The number of rotatable bonds is 4. The molecule has 1 fully saturated rings. The summed E-state index contributed by atoms with van der Waals surface area (Å²) in [6.07, 6.45) is 0.530. The van der Waals surface area contributed by atoms with Crippen molar-refractivity contribution < 1.29 is 17.9 Å². The van der Waals surface area contributed by atoms with Gasteiger partial charge in [-0.3, -0.25) is 4.79 Å². The lowest BCUT2D eigenvalue weighted by Crippen LogP contribution is -2.38. The van der Waals surface area contributed by atoms with Crippen LogP contribution in [0.3, 0.4) is 0 Å². The number of nitrogens with zero attached hydrogens (tertiary/aromatic N) is 1. The molecule has 134 valence electrons. The molecule has 0 unspecified atom stereocenters. The van der Waals surface area contributed by atoms with Gasteiger partial charge in [0.1, 0.15) is 22.2 Å². The normalized spacial score (nSPS) is 15.2. The summed E-state index contributed by atoms with van der Waals surface area (Å²) >= 11 is 0. The van der Waals surface area contributed by atoms with E-state index >= 15 is 0 Å². The molecule has 0 amide bonds. The Morgan fingerprint density at radius 2 is 1.44 bits per heavy atom. The Balaban J connectivity index is 0.00000109. The molecule has 2 aromatic carbocycles. The van der Waals surface area contributed by atoms with Crippen molar-refractivity contribution in [2.45, 2.75) is 31.6 Å². The van der Waals surface area contributed by atoms with Gasteiger partial charge in [-0.15, -0.1) is 0 Å². The van der Waals surface area contributed by atoms with Crippen LogP contribution in [-0.4, -0.2) is 31.6 Å². The number of carbonyl (C=O) groups is 1. The highest BCUT2D eigenvalue weighted by Gasteiger charge is 2.30. The summed E-state index contributed by atoms with van der Waals surface area (Å²) in [5.74, 6) is 0.963. The van der Waals surface area contributed by atoms with Crippen LogP contribution in [-0.2, 0) is 14.8 Å². The van der Waals surface area contributed by atoms with Crippen molar-refractivity contribution in [3.05, 3.63) is 54.6 Å². The Kier molecular flexibility index (Phi) is 6.73. The minimum atomic E-state index is -3.68. The van der Waals surface area contributed by atoms with Crippen LogP contribution < -0.4 is 4.74 Å². The monoisotopic (exact) mass is 361 g/mol. The Hall–Kier alpha value is -2.18. The number of ether oxygens (including phenoxy) is 1. The number of hydrogen-bond acceptors (Lipinski definition) is 4. The fraction of sp³-hybridized carbons (Fsp3) is 0.316. The molecule has 1 saturated heterocycles. The van der Waals surface area contributed by atoms with E-state index in [1.807, 2.05) is 32.0 Å². The second kappa shape index (κ2) is 8.78. The largest absolute Gasteiger partial charge is 0.456 e. The van der Waals surface area contributed by atoms with E-state index in [9.17, 15) is 13.2 Å². The fourth-order valence-corrected chi connectivity index (χ4v) is 4.03. The van der Waals surface area contributed by atoms with Gasteiger partial charge in [-0.1, -0.05) is 44.2 Å². The summed E-state index contributed by atoms with van der Waals surface area (Å²) in [5.41, 5.74) is 0. The van der Waals surface area contributed by atoms with Gasteiger partial charge in [-0.2, -0.15) is 4.31 Å². The van der Waals surface area contributed by atoms with Crippen molar-refractivity contribution in [3.8, 4) is 11.5 Å². The first-order valence-electron chi connectivity index (χ1n) is 8.41. The predicted molar refractivity (Wildman–Crippen MR) is 97.3 cm³/mol. The number of benzene rings is 2. The first-order valence-corrected chi connectivity index (χ1v) is 9.85. The van der Waals surface area contributed by atoms with Crippen molar-refractivity contribution >= 4 is 15.8 Å². The summed E-state index contributed by atoms with van der Waals surface area (Å²) in [7, 11) is -3.68. The Morgan fingerprint density at radius 3 is 2.08 bits per heavy atom. The van der Waals surface area contributed by atoms with Crippen LogP contribution in [0, 0.1) is 0 Å². The minimum absolute atomic E-state index is 0.102. The molecular formula is C19H23NO4S. The Labute approximate surface area is 149 Å². The summed E-state index contributed by atoms with van der Waals surface area (Å²) in [6.45, 7) is 4.45. The van der Waals surface area contributed by atoms with Gasteiger partial charge in [0.25, 0.3) is 0 Å². The molecule has 5 nitrogen and oxygen atoms in total. The fourth-order valence-electron chi connectivity index (χ4n) is 2.48. The molecule has 0 saturated carbocycles. The van der Waals surface area contributed by atoms with Gasteiger partial charge < -0.3 is 4.74 Å². The molecule has 0 aliphatic carbocycles. The van der Waals surface area contributed by atoms with E-state index in [2.05, 4.69) is 0 Å². The molecule has 1 heterocycles. The molecule has 0 spiro atoms. The second-order valence-corrected chi connectivity index (χ2v) is 7.21. The minimum Gasteiger partial charge on any atom is -0.456 e. The summed E-state index contributed by atoms with van der Waals surface area (Å²) in [4.78, 5) is 11.5. The number of carbonyl (C=O) groups excluding carboxylic acids is 1. The van der Waals surface area contributed by atoms with E-state index in [0.29, 0.717) is 5.75 Å². The number of ketones is 1. The average Bonchev–Trinajstić information content (AvgIpc) is 2.65. The van der Waals surface area contributed by atoms with Crippen LogP contribution in [0.5, 0.6) is 11.5 Å². The zero-order valence-electron chi connectivity index (χ0n) is 14.5. The molecular weight excluding hydrogens is 338 g/mol. The van der Waals surface area contributed by atoms with Crippen molar-refractivity contribution in [2.24, 2.45) is 0 Å². The molecule has 0 aromatic heterocycles. The predicted octanol–water partition coefficient (Wildman–Crippen LogP) is 3.86. The quantitative estimate of drug-likeness (QED) is 0.829. The van der Waals surface area contributed by atoms with E-state index in [1.54, 1.807) is 30.3 Å². The Morgan fingerprint density at radius 1 is 0.880 bits per heavy atom. The van der Waals surface area contributed by atoms with Crippen molar-refractivity contribution in [3.63, 3.8) is 0 Å². The van der Waals surface area contributed by atoms with Crippen molar-refractivity contribution in [2.75, 3.05) is 13.1 Å². The lowest BCUT2D eigenvalue weighted by molar-refractivity contribution is -0.120. The zero-order valence-corrected chi connectivity index (χ0v) is 15.3. The Bertz CT molecular complexity index is 793. The molecule has 6 heteroatoms. The van der Waals surface area contributed by atoms with Gasteiger partial charge in [-0.05, 0) is 24.3 Å². The topological polar surface area (TPSA) is 63.7 Å². The molecule has 1 aliphatic rings. The summed E-state index contributed by atoms with van der Waals surface area (Å²) < 4.78 is 32.8. The van der Waals surface area contributed by atoms with E-state index in [0.717, 1.165) is 0 Å². The van der Waals surface area contributed by atoms with Crippen molar-refractivity contribution in [1.29, 1.82) is 0 Å². The number of Topliss-reactive ketones (excluding diaryl/α,β-unsaturated/α-hetero) is 1. The number of sulfonamides is 1. The van der Waals surface area contributed by atoms with E-state index < -0.39 is 10.0 Å². The molecule has 0 atom stereocenters. The number of hydrogen-bond donors (Lipinski definition) is 0. The van der Waals surface area contributed by atoms with Gasteiger partial charge in [0, 0.05) is 25.9 Å². The maximum Gasteiger partial charge on any atom is 0.246 e. The van der Waals surface area contributed by atoms with Crippen LogP contribution >= 0.6 is 0 Å². The second-order valence-electron chi connectivity index (χ2n) is 5.30. The first kappa shape index (κ1) is 19.1. The van der Waals surface area contributed by atoms with Gasteiger partial charge in [0.2, 0.25) is 10.0 Å². The van der Waals surface area contributed by atoms with E-state index in [4.69, 9.17) is 4.74 Å². The standard InChI is InChI=1S/C17H17NO4S.C2H6/c19-14-10-12-18(13-11-14)23(20,21)17-9-5-4-8-16(17)22-15-6-2-1-3-7-15;1-2/h1-9H,10-13H2;1-2H3. The maximum atomic E-state index is 12.8. The molecule has 1 aliphatic heterocycles. The van der Waals surface area contributed by atoms with Crippen LogP contribution in [0.4, 0.5) is 0 Å². The number of piperidine rings is 1. The van der Waals surface area contributed by atoms with Gasteiger partial charge in [-0.25, -0.2) is 8.42 Å². The SMILES string of the molecule is CC.O=C1CCN(S(=O)(=O)c2ccccc2Oc2ccccc2)CC1. The lowest BCUT2D eigenvalue weighted by Gasteiger charge is -2.26. The van der Waals surface area contributed by atoms with Crippen LogP contribution in [0.15, 0.2) is 59.5 Å². The van der Waals surface area contributed by atoms with Crippen LogP contribution in [0.25, 0.3) is 0 Å². The van der Waals surface area contributed by atoms with E-state index in [1.165, 1.54) is 10.4 Å². The highest BCUT2D eigenvalue weighted by Crippen LogP contribution is 2.31. The first-order chi connectivity index (χ1) is 12.1. The molecule has 3 rings (SSSR count). The van der Waals surface area contributed by atoms with Gasteiger partial charge in [0.05, 0.1) is 0 Å². The summed E-state index contributed by atoms with van der Waals surface area (Å²) in [5, 5.41) is 0. The van der Waals surface area contributed by atoms with Crippen LogP contribution in [0.2, 0.25) is 0 Å². The van der Waals surface area contributed by atoms with Gasteiger partial charge in [0.15, 0.2) is 0 Å². The zero-order chi connectivity index (χ0) is 18.3. The highest BCUT2D eigenvalue weighted by atomic mass is 32.2. The highest BCUT2D eigenvalue weighted by molar-refractivity contribution is 7.89. The average molecular weight is 361 g/mol. The van der Waals surface area contributed by atoms with Gasteiger partial charge >= 0.3 is 0 Å². The van der Waals surface area contributed by atoms with Crippen molar-refractivity contribution in [1.82, 2.24) is 4.31 Å². The van der Waals surface area contributed by atoms with E-state index in [-0.39, 0.29) is 42.4 Å².